The van der Waals surface area contributed by atoms with Crippen LogP contribution in [0.1, 0.15) is 28.3 Å². The second-order valence-corrected chi connectivity index (χ2v) is 9.90. The first-order chi connectivity index (χ1) is 17.2. The van der Waals surface area contributed by atoms with Crippen LogP contribution in [0.3, 0.4) is 0 Å². The van der Waals surface area contributed by atoms with Crippen LogP contribution in [-0.2, 0) is 9.59 Å². The van der Waals surface area contributed by atoms with Crippen LogP contribution in [0.4, 0.5) is 10.8 Å². The molecule has 0 aliphatic carbocycles. The van der Waals surface area contributed by atoms with Crippen molar-refractivity contribution in [3.8, 4) is 0 Å². The predicted octanol–water partition coefficient (Wildman–Crippen LogP) is 6.10. The van der Waals surface area contributed by atoms with E-state index in [0.29, 0.717) is 26.8 Å². The summed E-state index contributed by atoms with van der Waals surface area (Å²) in [6, 6.07) is 14.6. The lowest BCUT2D eigenvalue weighted by Crippen LogP contribution is -2.29. The zero-order chi connectivity index (χ0) is 25.7. The number of aromatic nitrogens is 1. The van der Waals surface area contributed by atoms with E-state index >= 15 is 0 Å². The van der Waals surface area contributed by atoms with Crippen molar-refractivity contribution in [3.05, 3.63) is 104 Å². The normalized spacial score (nSPS) is 17.2. The number of hydrogen-bond acceptors (Lipinski definition) is 7. The van der Waals surface area contributed by atoms with E-state index in [9.17, 15) is 24.8 Å². The summed E-state index contributed by atoms with van der Waals surface area (Å²) in [5.41, 5.74) is 3.12. The maximum absolute atomic E-state index is 13.4. The molecule has 180 valence electrons. The van der Waals surface area contributed by atoms with E-state index in [1.54, 1.807) is 24.3 Å². The summed E-state index contributed by atoms with van der Waals surface area (Å²) in [5, 5.41) is 23.1. The summed E-state index contributed by atoms with van der Waals surface area (Å²) in [7, 11) is 0. The van der Waals surface area contributed by atoms with Crippen LogP contribution in [0, 0.1) is 24.0 Å². The second-order valence-electron chi connectivity index (χ2n) is 8.45. The molecule has 1 saturated heterocycles. The smallest absolute Gasteiger partial charge is 0.301 e. The lowest BCUT2D eigenvalue weighted by molar-refractivity contribution is -0.384. The van der Waals surface area contributed by atoms with Gasteiger partial charge in [-0.05, 0) is 73.0 Å². The fraction of sp³-hybridized carbons (Fsp3) is 0.115. The molecule has 1 fully saturated rings. The van der Waals surface area contributed by atoms with Crippen molar-refractivity contribution in [2.24, 2.45) is 0 Å². The van der Waals surface area contributed by atoms with Crippen LogP contribution in [0.2, 0.25) is 5.02 Å². The molecule has 0 radical (unpaired) electrons. The van der Waals surface area contributed by atoms with E-state index in [4.69, 9.17) is 11.6 Å². The third-order valence-electron chi connectivity index (χ3n) is 6.01. The summed E-state index contributed by atoms with van der Waals surface area (Å²) in [4.78, 5) is 43.2. The van der Waals surface area contributed by atoms with Crippen molar-refractivity contribution in [1.82, 2.24) is 4.98 Å². The number of non-ortho nitro benzene ring substituents is 1. The number of benzene rings is 3. The number of nitro benzene ring substituents is 1. The van der Waals surface area contributed by atoms with Gasteiger partial charge in [0.1, 0.15) is 5.76 Å². The Bertz CT molecular complexity index is 1590. The Morgan fingerprint density at radius 3 is 2.39 bits per heavy atom. The Kier molecular flexibility index (Phi) is 5.82. The van der Waals surface area contributed by atoms with Crippen LogP contribution in [0.25, 0.3) is 16.0 Å². The van der Waals surface area contributed by atoms with Crippen LogP contribution >= 0.6 is 22.9 Å². The first-order valence-corrected chi connectivity index (χ1v) is 12.0. The molecule has 1 aromatic heterocycles. The monoisotopic (exact) mass is 519 g/mol. The number of aliphatic hydroxyl groups is 1. The van der Waals surface area contributed by atoms with Crippen LogP contribution in [0.5, 0.6) is 0 Å². The van der Waals surface area contributed by atoms with Crippen molar-refractivity contribution < 1.29 is 19.6 Å². The number of aliphatic hydroxyl groups excluding tert-OH is 1. The van der Waals surface area contributed by atoms with Gasteiger partial charge in [0.05, 0.1) is 26.8 Å². The molecule has 3 aromatic carbocycles. The van der Waals surface area contributed by atoms with Gasteiger partial charge in [-0.1, -0.05) is 29.0 Å². The largest absolute Gasteiger partial charge is 0.507 e. The summed E-state index contributed by atoms with van der Waals surface area (Å²) in [5.74, 6) is -2.09. The number of hydrogen-bond donors (Lipinski definition) is 1. The number of fused-ring (bicyclic) bond motifs is 1. The number of thiazole rings is 1. The molecule has 4 aromatic rings. The first kappa shape index (κ1) is 23.7. The number of anilines is 1. The molecule has 1 aliphatic rings. The number of halogens is 1. The Morgan fingerprint density at radius 2 is 1.75 bits per heavy atom. The number of Topliss-reactive ketones (excluding diaryl/α,β-unsaturated/α-hetero) is 1. The predicted molar refractivity (Wildman–Crippen MR) is 138 cm³/mol. The summed E-state index contributed by atoms with van der Waals surface area (Å²) in [6.45, 7) is 3.88. The highest BCUT2D eigenvalue weighted by atomic mass is 35.5. The van der Waals surface area contributed by atoms with E-state index in [1.807, 2.05) is 26.0 Å². The van der Waals surface area contributed by atoms with Crippen LogP contribution in [0.15, 0.2) is 66.2 Å². The molecule has 0 saturated carbocycles. The van der Waals surface area contributed by atoms with E-state index in [1.165, 1.54) is 40.5 Å². The quantitative estimate of drug-likeness (QED) is 0.114. The Hall–Kier alpha value is -4.08. The number of carbonyl (C=O) groups excluding carboxylic acids is 2. The Balaban J connectivity index is 1.73. The van der Waals surface area contributed by atoms with E-state index in [0.717, 1.165) is 15.8 Å². The summed E-state index contributed by atoms with van der Waals surface area (Å²) < 4.78 is 0.851. The Morgan fingerprint density at radius 1 is 1.08 bits per heavy atom. The number of nitrogens with zero attached hydrogens (tertiary/aromatic N) is 3. The number of amides is 1. The van der Waals surface area contributed by atoms with E-state index < -0.39 is 22.7 Å². The van der Waals surface area contributed by atoms with Gasteiger partial charge >= 0.3 is 5.91 Å². The third-order valence-corrected chi connectivity index (χ3v) is 7.26. The van der Waals surface area contributed by atoms with Gasteiger partial charge in [0.15, 0.2) is 5.13 Å². The third kappa shape index (κ3) is 3.92. The van der Waals surface area contributed by atoms with Gasteiger partial charge in [0.2, 0.25) is 0 Å². The molecule has 8 nitrogen and oxygen atoms in total. The first-order valence-electron chi connectivity index (χ1n) is 10.8. The van der Waals surface area contributed by atoms with Gasteiger partial charge in [0.25, 0.3) is 11.5 Å². The molecular formula is C26H18ClN3O5S. The maximum atomic E-state index is 13.4. The molecule has 1 atom stereocenters. The Labute approximate surface area is 214 Å². The molecule has 2 heterocycles. The maximum Gasteiger partial charge on any atom is 0.301 e. The second kappa shape index (κ2) is 8.85. The highest BCUT2D eigenvalue weighted by molar-refractivity contribution is 7.22. The standard InChI is InChI=1S/C26H18ClN3O5S/c1-13-11-14(2)21-19(12-13)36-26(28-21)29-22(15-5-9-18(10-6-15)30(34)35)20(24(32)25(29)33)23(31)16-3-7-17(27)8-4-16/h3-12,22,31H,1-2H3/t22-/m0/s1. The molecular weight excluding hydrogens is 502 g/mol. The van der Waals surface area contributed by atoms with Crippen LogP contribution in [-0.4, -0.2) is 26.7 Å². The number of carbonyl (C=O) groups is 2. The molecule has 36 heavy (non-hydrogen) atoms. The number of rotatable bonds is 4. The molecule has 1 aliphatic heterocycles. The minimum atomic E-state index is -1.04. The van der Waals surface area contributed by atoms with Gasteiger partial charge in [-0.3, -0.25) is 24.6 Å². The molecule has 5 rings (SSSR count). The van der Waals surface area contributed by atoms with E-state index in [2.05, 4.69) is 4.98 Å². The summed E-state index contributed by atoms with van der Waals surface area (Å²) in [6.07, 6.45) is 0. The fourth-order valence-corrected chi connectivity index (χ4v) is 5.64. The highest BCUT2D eigenvalue weighted by Gasteiger charge is 2.48. The van der Waals surface area contributed by atoms with Gasteiger partial charge in [-0.15, -0.1) is 0 Å². The number of nitro groups is 1. The van der Waals surface area contributed by atoms with Crippen molar-refractivity contribution in [3.63, 3.8) is 0 Å². The minimum absolute atomic E-state index is 0.136. The topological polar surface area (TPSA) is 114 Å². The average molecular weight is 520 g/mol. The lowest BCUT2D eigenvalue weighted by atomic mass is 9.95. The summed E-state index contributed by atoms with van der Waals surface area (Å²) >= 11 is 7.23. The molecule has 10 heteroatoms. The molecule has 0 spiro atoms. The van der Waals surface area contributed by atoms with Gasteiger partial charge in [0, 0.05) is 22.7 Å². The zero-order valence-corrected chi connectivity index (χ0v) is 20.6. The van der Waals surface area contributed by atoms with Gasteiger partial charge in [-0.25, -0.2) is 4.98 Å². The average Bonchev–Trinajstić information content (AvgIpc) is 3.38. The molecule has 1 amide bonds. The lowest BCUT2D eigenvalue weighted by Gasteiger charge is -2.22. The zero-order valence-electron chi connectivity index (χ0n) is 19.1. The van der Waals surface area contributed by atoms with Crippen molar-refractivity contribution in [2.45, 2.75) is 19.9 Å². The van der Waals surface area contributed by atoms with E-state index in [-0.39, 0.29) is 17.0 Å². The number of aryl methyl sites for hydroxylation is 2. The molecule has 0 unspecified atom stereocenters. The van der Waals surface area contributed by atoms with Gasteiger partial charge < -0.3 is 5.11 Å². The van der Waals surface area contributed by atoms with Gasteiger partial charge in [-0.2, -0.15) is 0 Å². The minimum Gasteiger partial charge on any atom is -0.507 e. The molecule has 1 N–H and O–H groups in total. The van der Waals surface area contributed by atoms with Crippen molar-refractivity contribution in [1.29, 1.82) is 0 Å². The fourth-order valence-electron chi connectivity index (χ4n) is 4.35. The molecule has 0 bridgehead atoms. The van der Waals surface area contributed by atoms with Crippen molar-refractivity contribution in [2.75, 3.05) is 4.90 Å². The van der Waals surface area contributed by atoms with Crippen LogP contribution < -0.4 is 4.90 Å². The SMILES string of the molecule is Cc1cc(C)c2nc(N3C(=O)C(=O)C(=C(O)c4ccc(Cl)cc4)[C@@H]3c3ccc([N+](=O)[O-])cc3)sc2c1. The number of ketones is 1. The van der Waals surface area contributed by atoms with Crippen molar-refractivity contribution >= 4 is 61.4 Å². The highest BCUT2D eigenvalue weighted by Crippen LogP contribution is 2.45.